The van der Waals surface area contributed by atoms with Gasteiger partial charge in [-0.1, -0.05) is 0 Å². The molecular formula is C24H28Cl2SiZr. The first-order valence-electron chi connectivity index (χ1n) is 9.88. The van der Waals surface area contributed by atoms with E-state index in [9.17, 15) is 0 Å². The van der Waals surface area contributed by atoms with Crippen LogP contribution in [0.2, 0.25) is 11.1 Å². The molecule has 0 spiro atoms. The minimum atomic E-state index is -1.89. The Bertz CT molecular complexity index is 945. The molecule has 0 unspecified atom stereocenters. The molecular weight excluding hydrogens is 478 g/mol. The average Bonchev–Trinajstić information content (AvgIpc) is 3.26. The van der Waals surface area contributed by atoms with Crippen molar-refractivity contribution in [3.05, 3.63) is 75.1 Å². The number of hydrogen-bond acceptors (Lipinski definition) is 0. The predicted molar refractivity (Wildman–Crippen MR) is 112 cm³/mol. The zero-order valence-corrected chi connectivity index (χ0v) is 22.1. The van der Waals surface area contributed by atoms with Crippen LogP contribution in [0.1, 0.15) is 45.2 Å². The molecule has 28 heavy (non-hydrogen) atoms. The normalized spacial score (nSPS) is 13.2. The molecule has 0 radical (unpaired) electrons. The quantitative estimate of drug-likeness (QED) is 0.443. The second-order valence-corrected chi connectivity index (χ2v) is 23.3. The van der Waals surface area contributed by atoms with Crippen LogP contribution in [-0.4, -0.2) is 5.43 Å². The van der Waals surface area contributed by atoms with Gasteiger partial charge in [-0.05, 0) is 0 Å². The number of rotatable bonds is 4. The van der Waals surface area contributed by atoms with Crippen molar-refractivity contribution in [2.24, 2.45) is 0 Å². The van der Waals surface area contributed by atoms with E-state index in [1.165, 1.54) is 23.1 Å². The summed E-state index contributed by atoms with van der Waals surface area (Å²) in [5.74, 6) is 0. The van der Waals surface area contributed by atoms with Crippen molar-refractivity contribution in [1.29, 1.82) is 0 Å². The van der Waals surface area contributed by atoms with Crippen molar-refractivity contribution < 1.29 is 45.2 Å². The molecule has 2 aliphatic rings. The maximum atomic E-state index is 2.52. The zero-order valence-electron chi connectivity index (χ0n) is 17.1. The molecule has 2 aromatic rings. The van der Waals surface area contributed by atoms with Gasteiger partial charge in [0.2, 0.25) is 0 Å². The van der Waals surface area contributed by atoms with E-state index >= 15 is 0 Å². The van der Waals surface area contributed by atoms with Gasteiger partial charge in [0.25, 0.3) is 0 Å². The third kappa shape index (κ3) is 4.36. The molecule has 0 saturated carbocycles. The first-order valence-corrected chi connectivity index (χ1v) is 17.7. The molecule has 0 heterocycles. The Labute approximate surface area is 190 Å². The molecule has 4 rings (SSSR count). The monoisotopic (exact) mass is 504 g/mol. The largest absolute Gasteiger partial charge is 1.00 e. The van der Waals surface area contributed by atoms with Crippen LogP contribution in [0.4, 0.5) is 0 Å². The second kappa shape index (κ2) is 10.1. The maximum Gasteiger partial charge on any atom is -1.00 e. The number of hydrogen-bond donors (Lipinski definition) is 0. The van der Waals surface area contributed by atoms with Crippen LogP contribution in [0, 0.1) is 0 Å². The summed E-state index contributed by atoms with van der Waals surface area (Å²) in [5.41, 5.74) is 7.55. The number of benzene rings is 2. The summed E-state index contributed by atoms with van der Waals surface area (Å²) < 4.78 is 3.65. The minimum Gasteiger partial charge on any atom is -1.00 e. The van der Waals surface area contributed by atoms with Crippen LogP contribution in [-0.2, 0) is 26.8 Å². The molecule has 0 atom stereocenters. The SMILES string of the molecule is CC(C)[Si](C(C)C)=[Zr+2]([C]1=CC=CC1)[c]1cccc2c1Cc1ccccc1-2.[Cl-].[Cl-]. The van der Waals surface area contributed by atoms with Gasteiger partial charge >= 0.3 is 167 Å². The molecule has 4 heteroatoms. The molecule has 0 fully saturated rings. The zero-order chi connectivity index (χ0) is 18.3. The molecule has 0 amide bonds. The minimum absolute atomic E-state index is 0. The van der Waals surface area contributed by atoms with Crippen LogP contribution in [0.5, 0.6) is 0 Å². The molecule has 0 saturated heterocycles. The summed E-state index contributed by atoms with van der Waals surface area (Å²) in [6.45, 7) is 9.98. The van der Waals surface area contributed by atoms with Gasteiger partial charge in [0.1, 0.15) is 0 Å². The summed E-state index contributed by atoms with van der Waals surface area (Å²) in [6, 6.07) is 16.3. The van der Waals surface area contributed by atoms with Crippen LogP contribution < -0.4 is 28.1 Å². The Kier molecular flexibility index (Phi) is 8.59. The van der Waals surface area contributed by atoms with Crippen LogP contribution in [0.15, 0.2) is 64.0 Å². The Morgan fingerprint density at radius 1 is 0.857 bits per heavy atom. The Hall–Kier alpha value is -0.400. The van der Waals surface area contributed by atoms with Gasteiger partial charge in [-0.25, -0.2) is 0 Å². The Morgan fingerprint density at radius 2 is 1.54 bits per heavy atom. The summed E-state index contributed by atoms with van der Waals surface area (Å²) in [6.07, 6.45) is 9.56. The van der Waals surface area contributed by atoms with Gasteiger partial charge in [-0.15, -0.1) is 0 Å². The average molecular weight is 507 g/mol. The van der Waals surface area contributed by atoms with Crippen LogP contribution >= 0.6 is 0 Å². The van der Waals surface area contributed by atoms with E-state index in [1.807, 2.05) is 6.55 Å². The molecule has 0 aliphatic heterocycles. The standard InChI is InChI=1S/C13H9.C6H14Si.C5H5.2ClH.Zr/c1-3-7-12-10(5-1)9-11-6-2-4-8-13(11)12;1-5(2)7-6(3)4;1-2-4-5-3-1;;;/h1-5,7-8H,9H2;5-6H,1-4H3;1-3H,4H2;2*1H;/q;;;;;+2/p-2. The molecule has 0 nitrogen and oxygen atoms in total. The third-order valence-corrected chi connectivity index (χ3v) is 30.0. The fourth-order valence-electron chi connectivity index (χ4n) is 4.78. The van der Waals surface area contributed by atoms with E-state index in [1.54, 1.807) is 5.56 Å². The predicted octanol–water partition coefficient (Wildman–Crippen LogP) is 0.165. The van der Waals surface area contributed by atoms with E-state index in [4.69, 9.17) is 0 Å². The smallest absolute Gasteiger partial charge is 1.00 e. The summed E-state index contributed by atoms with van der Waals surface area (Å²) >= 11 is -1.89. The maximum absolute atomic E-state index is 2.52. The van der Waals surface area contributed by atoms with Gasteiger partial charge in [0, 0.05) is 0 Å². The van der Waals surface area contributed by atoms with E-state index in [-0.39, 0.29) is 30.2 Å². The van der Waals surface area contributed by atoms with E-state index in [2.05, 4.69) is 88.4 Å². The molecule has 2 aromatic carbocycles. The van der Waals surface area contributed by atoms with Crippen molar-refractivity contribution in [2.45, 2.75) is 51.6 Å². The molecule has 2 aliphatic carbocycles. The molecule has 0 N–H and O–H groups in total. The van der Waals surface area contributed by atoms with Gasteiger partial charge < -0.3 is 24.8 Å². The second-order valence-electron chi connectivity index (χ2n) is 8.13. The van der Waals surface area contributed by atoms with Gasteiger partial charge in [0.05, 0.1) is 0 Å². The topological polar surface area (TPSA) is 0 Å². The van der Waals surface area contributed by atoms with Gasteiger partial charge in [-0.3, -0.25) is 0 Å². The van der Waals surface area contributed by atoms with Gasteiger partial charge in [-0.2, -0.15) is 0 Å². The van der Waals surface area contributed by atoms with Crippen LogP contribution in [0.25, 0.3) is 11.1 Å². The first kappa shape index (κ1) is 23.9. The summed E-state index contributed by atoms with van der Waals surface area (Å²) in [4.78, 5) is 0. The van der Waals surface area contributed by atoms with Gasteiger partial charge in [0.15, 0.2) is 0 Å². The summed E-state index contributed by atoms with van der Waals surface area (Å²) in [7, 11) is 0. The van der Waals surface area contributed by atoms with E-state index < -0.39 is 20.4 Å². The molecule has 0 bridgehead atoms. The number of halogens is 2. The van der Waals surface area contributed by atoms with E-state index in [0.29, 0.717) is 0 Å². The Balaban J connectivity index is 0.00000140. The molecule has 146 valence electrons. The Morgan fingerprint density at radius 3 is 2.18 bits per heavy atom. The van der Waals surface area contributed by atoms with Crippen LogP contribution in [0.3, 0.4) is 0 Å². The van der Waals surface area contributed by atoms with E-state index in [0.717, 1.165) is 17.5 Å². The summed E-state index contributed by atoms with van der Waals surface area (Å²) in [5, 5.41) is 0. The first-order chi connectivity index (χ1) is 12.6. The van der Waals surface area contributed by atoms with Crippen molar-refractivity contribution in [3.63, 3.8) is 0 Å². The molecule has 0 aromatic heterocycles. The van der Waals surface area contributed by atoms with Crippen molar-refractivity contribution in [2.75, 3.05) is 0 Å². The number of fused-ring (bicyclic) bond motifs is 3. The van der Waals surface area contributed by atoms with Crippen molar-refractivity contribution in [3.8, 4) is 11.1 Å². The third-order valence-electron chi connectivity index (χ3n) is 5.75. The fraction of sp³-hybridized carbons (Fsp3) is 0.333. The van der Waals surface area contributed by atoms with Crippen molar-refractivity contribution >= 4 is 8.70 Å². The fourth-order valence-corrected chi connectivity index (χ4v) is 28.2. The number of allylic oxidation sites excluding steroid dienone is 4. The van der Waals surface area contributed by atoms with Crippen molar-refractivity contribution in [1.82, 2.24) is 0 Å².